The normalized spacial score (nSPS) is 15.3. The van der Waals surface area contributed by atoms with Crippen LogP contribution in [0.1, 0.15) is 22.2 Å². The SMILES string of the molecule is O=C(C1=C(O)C(=O)N(c2ccccc2O)C1c1cccc(Oc2ccccc2)c1)c1cc2cc(Br)ccc2o1. The van der Waals surface area contributed by atoms with Gasteiger partial charge in [-0.3, -0.25) is 14.5 Å². The third kappa shape index (κ3) is 4.45. The molecule has 6 rings (SSSR count). The molecule has 0 spiro atoms. The molecule has 192 valence electrons. The monoisotopic (exact) mass is 581 g/mol. The molecule has 0 radical (unpaired) electrons. The van der Waals surface area contributed by atoms with Gasteiger partial charge >= 0.3 is 0 Å². The number of aromatic hydroxyl groups is 1. The number of Topliss-reactive ketones (excluding diaryl/α,β-unsaturated/α-hetero) is 1. The number of carbonyl (C=O) groups is 2. The molecule has 1 amide bonds. The van der Waals surface area contributed by atoms with Gasteiger partial charge < -0.3 is 19.4 Å². The fourth-order valence-corrected chi connectivity index (χ4v) is 5.08. The molecule has 1 aromatic heterocycles. The van der Waals surface area contributed by atoms with E-state index < -0.39 is 23.5 Å². The average Bonchev–Trinajstić information content (AvgIpc) is 3.48. The predicted molar refractivity (Wildman–Crippen MR) is 149 cm³/mol. The second-order valence-corrected chi connectivity index (χ2v) is 9.85. The summed E-state index contributed by atoms with van der Waals surface area (Å²) in [6.45, 7) is 0. The first kappa shape index (κ1) is 24.5. The maximum Gasteiger partial charge on any atom is 0.294 e. The summed E-state index contributed by atoms with van der Waals surface area (Å²) < 4.78 is 12.6. The lowest BCUT2D eigenvalue weighted by molar-refractivity contribution is -0.117. The zero-order valence-electron chi connectivity index (χ0n) is 20.2. The van der Waals surface area contributed by atoms with Crippen molar-refractivity contribution in [2.75, 3.05) is 4.90 Å². The fraction of sp³-hybridized carbons (Fsp3) is 0.0323. The van der Waals surface area contributed by atoms with Gasteiger partial charge in [0.1, 0.15) is 22.8 Å². The van der Waals surface area contributed by atoms with Gasteiger partial charge in [0, 0.05) is 9.86 Å². The van der Waals surface area contributed by atoms with Gasteiger partial charge in [-0.25, -0.2) is 0 Å². The lowest BCUT2D eigenvalue weighted by Gasteiger charge is -2.27. The number of furan rings is 1. The Morgan fingerprint density at radius 1 is 0.846 bits per heavy atom. The molecule has 2 N–H and O–H groups in total. The minimum Gasteiger partial charge on any atom is -0.506 e. The number of anilines is 1. The van der Waals surface area contributed by atoms with Gasteiger partial charge in [-0.2, -0.15) is 0 Å². The number of ketones is 1. The third-order valence-corrected chi connectivity index (χ3v) is 6.94. The van der Waals surface area contributed by atoms with E-state index in [4.69, 9.17) is 9.15 Å². The summed E-state index contributed by atoms with van der Waals surface area (Å²) in [4.78, 5) is 28.6. The summed E-state index contributed by atoms with van der Waals surface area (Å²) in [6.07, 6.45) is 0. The summed E-state index contributed by atoms with van der Waals surface area (Å²) in [5.41, 5.74) is 0.952. The van der Waals surface area contributed by atoms with Crippen molar-refractivity contribution in [3.05, 3.63) is 130 Å². The summed E-state index contributed by atoms with van der Waals surface area (Å²) in [6, 6.07) is 28.2. The molecule has 7 nitrogen and oxygen atoms in total. The molecule has 0 saturated carbocycles. The number of amides is 1. The van der Waals surface area contributed by atoms with Crippen molar-refractivity contribution in [1.82, 2.24) is 0 Å². The number of hydrogen-bond donors (Lipinski definition) is 2. The number of ether oxygens (including phenoxy) is 1. The van der Waals surface area contributed by atoms with Crippen molar-refractivity contribution in [2.45, 2.75) is 6.04 Å². The van der Waals surface area contributed by atoms with Gasteiger partial charge in [-0.1, -0.05) is 58.4 Å². The van der Waals surface area contributed by atoms with E-state index in [0.717, 1.165) is 4.47 Å². The van der Waals surface area contributed by atoms with E-state index in [1.54, 1.807) is 78.9 Å². The molecule has 0 saturated heterocycles. The van der Waals surface area contributed by atoms with Crippen LogP contribution in [0.4, 0.5) is 5.69 Å². The number of nitrogens with zero attached hydrogens (tertiary/aromatic N) is 1. The number of phenolic OH excluding ortho intramolecular Hbond substituents is 1. The molecule has 1 unspecified atom stereocenters. The van der Waals surface area contributed by atoms with Gasteiger partial charge in [0.15, 0.2) is 11.5 Å². The quantitative estimate of drug-likeness (QED) is 0.202. The first-order valence-electron chi connectivity index (χ1n) is 12.0. The summed E-state index contributed by atoms with van der Waals surface area (Å²) in [5, 5.41) is 22.4. The summed E-state index contributed by atoms with van der Waals surface area (Å²) in [7, 11) is 0. The topological polar surface area (TPSA) is 100 Å². The molecule has 0 bridgehead atoms. The Kier molecular flexibility index (Phi) is 6.17. The molecule has 4 aromatic carbocycles. The van der Waals surface area contributed by atoms with Crippen LogP contribution >= 0.6 is 15.9 Å². The number of benzene rings is 4. The Morgan fingerprint density at radius 2 is 1.59 bits per heavy atom. The first-order valence-corrected chi connectivity index (χ1v) is 12.8. The zero-order chi connectivity index (χ0) is 27.1. The van der Waals surface area contributed by atoms with Crippen LogP contribution in [0, 0.1) is 0 Å². The number of halogens is 1. The van der Waals surface area contributed by atoms with E-state index >= 15 is 0 Å². The Bertz CT molecular complexity index is 1770. The molecule has 1 aliphatic rings. The average molecular weight is 582 g/mol. The van der Waals surface area contributed by atoms with E-state index in [-0.39, 0.29) is 22.8 Å². The van der Waals surface area contributed by atoms with Gasteiger partial charge in [0.2, 0.25) is 5.78 Å². The molecule has 39 heavy (non-hydrogen) atoms. The van der Waals surface area contributed by atoms with Crippen LogP contribution in [-0.2, 0) is 4.79 Å². The van der Waals surface area contributed by atoms with Crippen LogP contribution in [0.15, 0.2) is 123 Å². The summed E-state index contributed by atoms with van der Waals surface area (Å²) in [5.74, 6) is -1.32. The third-order valence-electron chi connectivity index (χ3n) is 6.45. The van der Waals surface area contributed by atoms with Crippen LogP contribution in [0.2, 0.25) is 0 Å². The molecule has 5 aromatic rings. The highest BCUT2D eigenvalue weighted by atomic mass is 79.9. The van der Waals surface area contributed by atoms with Crippen LogP contribution in [0.3, 0.4) is 0 Å². The lowest BCUT2D eigenvalue weighted by atomic mass is 9.94. The minimum atomic E-state index is -1.07. The van der Waals surface area contributed by atoms with Crippen molar-refractivity contribution in [3.63, 3.8) is 0 Å². The van der Waals surface area contributed by atoms with E-state index in [0.29, 0.717) is 28.0 Å². The number of aliphatic hydroxyl groups excluding tert-OH is 1. The number of para-hydroxylation sites is 3. The van der Waals surface area contributed by atoms with E-state index in [9.17, 15) is 19.8 Å². The molecule has 0 fully saturated rings. The minimum absolute atomic E-state index is 0.0294. The molecular weight excluding hydrogens is 562 g/mol. The van der Waals surface area contributed by atoms with E-state index in [1.807, 2.05) is 18.2 Å². The number of rotatable bonds is 6. The fourth-order valence-electron chi connectivity index (χ4n) is 4.70. The van der Waals surface area contributed by atoms with Crippen molar-refractivity contribution in [2.24, 2.45) is 0 Å². The van der Waals surface area contributed by atoms with Crippen molar-refractivity contribution < 1.29 is 29.0 Å². The molecule has 2 heterocycles. The van der Waals surface area contributed by atoms with Gasteiger partial charge in [0.05, 0.1) is 17.3 Å². The first-order chi connectivity index (χ1) is 18.9. The Labute approximate surface area is 231 Å². The predicted octanol–water partition coefficient (Wildman–Crippen LogP) is 7.48. The largest absolute Gasteiger partial charge is 0.506 e. The maximum absolute atomic E-state index is 13.9. The van der Waals surface area contributed by atoms with Crippen molar-refractivity contribution in [1.29, 1.82) is 0 Å². The zero-order valence-corrected chi connectivity index (χ0v) is 21.8. The second kappa shape index (κ2) is 9.81. The molecule has 1 aliphatic heterocycles. The molecule has 1 atom stereocenters. The second-order valence-electron chi connectivity index (χ2n) is 8.94. The van der Waals surface area contributed by atoms with Gasteiger partial charge in [0.25, 0.3) is 5.91 Å². The number of carbonyl (C=O) groups excluding carboxylic acids is 2. The van der Waals surface area contributed by atoms with Crippen LogP contribution in [-0.4, -0.2) is 21.9 Å². The van der Waals surface area contributed by atoms with Crippen LogP contribution in [0.25, 0.3) is 11.0 Å². The van der Waals surface area contributed by atoms with Gasteiger partial charge in [-0.05, 0) is 66.2 Å². The molecule has 0 aliphatic carbocycles. The standard InChI is InChI=1S/C31H20BrNO6/c32-20-13-14-25-19(15-20)17-26(39-25)29(35)27-28(33(31(37)30(27)36)23-11-4-5-12-24(23)34)18-7-6-10-22(16-18)38-21-8-2-1-3-9-21/h1-17,28,34,36H. The number of hydrogen-bond acceptors (Lipinski definition) is 6. The Hall–Kier alpha value is -4.82. The summed E-state index contributed by atoms with van der Waals surface area (Å²) >= 11 is 3.41. The highest BCUT2D eigenvalue weighted by Crippen LogP contribution is 2.45. The number of phenols is 1. The van der Waals surface area contributed by atoms with E-state index in [1.165, 1.54) is 11.0 Å². The Balaban J connectivity index is 1.48. The van der Waals surface area contributed by atoms with Gasteiger partial charge in [-0.15, -0.1) is 0 Å². The molecule has 8 heteroatoms. The smallest absolute Gasteiger partial charge is 0.294 e. The van der Waals surface area contributed by atoms with E-state index in [2.05, 4.69) is 15.9 Å². The number of fused-ring (bicyclic) bond motifs is 1. The van der Waals surface area contributed by atoms with Crippen LogP contribution < -0.4 is 9.64 Å². The highest BCUT2D eigenvalue weighted by molar-refractivity contribution is 9.10. The molecular formula is C31H20BrNO6. The highest BCUT2D eigenvalue weighted by Gasteiger charge is 2.46. The van der Waals surface area contributed by atoms with Crippen molar-refractivity contribution in [3.8, 4) is 17.2 Å². The number of aliphatic hydroxyl groups is 1. The van der Waals surface area contributed by atoms with Crippen LogP contribution in [0.5, 0.6) is 17.2 Å². The Morgan fingerprint density at radius 3 is 2.38 bits per heavy atom. The maximum atomic E-state index is 13.9. The van der Waals surface area contributed by atoms with Crippen molar-refractivity contribution >= 4 is 44.3 Å². The lowest BCUT2D eigenvalue weighted by Crippen LogP contribution is -2.31.